The molecule has 1 rings (SSSR count). The zero-order valence-corrected chi connectivity index (χ0v) is 10.7. The van der Waals surface area contributed by atoms with Gasteiger partial charge in [0.1, 0.15) is 5.75 Å². The third kappa shape index (κ3) is 4.80. The van der Waals surface area contributed by atoms with Gasteiger partial charge < -0.3 is 4.74 Å². The quantitative estimate of drug-likeness (QED) is 0.553. The van der Waals surface area contributed by atoms with Gasteiger partial charge in [0.2, 0.25) is 0 Å². The van der Waals surface area contributed by atoms with Crippen LogP contribution in [0.2, 0.25) is 0 Å². The largest absolute Gasteiger partial charge is 0.573 e. The molecule has 0 saturated carbocycles. The predicted molar refractivity (Wildman–Crippen MR) is 60.2 cm³/mol. The smallest absolute Gasteiger partial charge is 0.406 e. The first kappa shape index (κ1) is 15.2. The third-order valence-corrected chi connectivity index (χ3v) is 2.73. The van der Waals surface area contributed by atoms with Crippen molar-refractivity contribution in [1.82, 2.24) is 0 Å². The van der Waals surface area contributed by atoms with E-state index in [-0.39, 0.29) is 0 Å². The molecule has 1 aromatic rings. The summed E-state index contributed by atoms with van der Waals surface area (Å²) in [7, 11) is 0. The second-order valence-corrected chi connectivity index (χ2v) is 4.29. The Balaban J connectivity index is 2.96. The van der Waals surface area contributed by atoms with E-state index in [9.17, 15) is 22.0 Å². The van der Waals surface area contributed by atoms with Gasteiger partial charge in [0.05, 0.1) is 0 Å². The first-order valence-corrected chi connectivity index (χ1v) is 6.18. The van der Waals surface area contributed by atoms with Crippen molar-refractivity contribution in [2.24, 2.45) is 0 Å². The molecule has 102 valence electrons. The maximum absolute atomic E-state index is 12.7. The highest BCUT2D eigenvalue weighted by Crippen LogP contribution is 2.30. The van der Waals surface area contributed by atoms with Crippen LogP contribution in [-0.2, 0) is 6.42 Å². The summed E-state index contributed by atoms with van der Waals surface area (Å²) in [5.74, 6) is -0.625. The third-order valence-electron chi connectivity index (χ3n) is 2.17. The van der Waals surface area contributed by atoms with Crippen molar-refractivity contribution in [1.29, 1.82) is 0 Å². The lowest BCUT2D eigenvalue weighted by Crippen LogP contribution is -2.17. The average molecular weight is 333 g/mol. The fraction of sp³-hybridized carbons (Fsp3) is 0.455. The number of hydrogen-bond donors (Lipinski definition) is 0. The van der Waals surface area contributed by atoms with Crippen LogP contribution in [0.5, 0.6) is 5.75 Å². The van der Waals surface area contributed by atoms with Crippen molar-refractivity contribution in [2.75, 3.05) is 5.33 Å². The van der Waals surface area contributed by atoms with Crippen LogP contribution < -0.4 is 4.74 Å². The molecular formula is C11H10BrF5O. The van der Waals surface area contributed by atoms with Crippen LogP contribution in [0.1, 0.15) is 24.0 Å². The van der Waals surface area contributed by atoms with Crippen molar-refractivity contribution in [3.63, 3.8) is 0 Å². The molecule has 0 bridgehead atoms. The Morgan fingerprint density at radius 1 is 1.22 bits per heavy atom. The van der Waals surface area contributed by atoms with E-state index in [0.717, 1.165) is 12.1 Å². The minimum absolute atomic E-state index is 0.332. The molecule has 0 saturated heterocycles. The van der Waals surface area contributed by atoms with Gasteiger partial charge in [0, 0.05) is 10.9 Å². The fourth-order valence-corrected chi connectivity index (χ4v) is 1.74. The van der Waals surface area contributed by atoms with Crippen LogP contribution in [0.4, 0.5) is 22.0 Å². The number of alkyl halides is 6. The van der Waals surface area contributed by atoms with E-state index in [1.165, 1.54) is 6.07 Å². The van der Waals surface area contributed by atoms with E-state index in [2.05, 4.69) is 20.7 Å². The van der Waals surface area contributed by atoms with Crippen LogP contribution in [0.25, 0.3) is 0 Å². The van der Waals surface area contributed by atoms with Crippen LogP contribution in [-0.4, -0.2) is 11.7 Å². The number of ether oxygens (including phenoxy) is 1. The lowest BCUT2D eigenvalue weighted by atomic mass is 10.0. The normalized spacial score (nSPS) is 11.9. The second kappa shape index (κ2) is 6.36. The Morgan fingerprint density at radius 3 is 2.39 bits per heavy atom. The maximum atomic E-state index is 12.7. The molecule has 0 N–H and O–H groups in total. The van der Waals surface area contributed by atoms with Gasteiger partial charge in [-0.25, -0.2) is 8.78 Å². The Bertz CT molecular complexity index is 392. The summed E-state index contributed by atoms with van der Waals surface area (Å²) in [6.45, 7) is 0. The van der Waals surface area contributed by atoms with Crippen LogP contribution in [0.15, 0.2) is 18.2 Å². The molecular weight excluding hydrogens is 323 g/mol. The highest BCUT2D eigenvalue weighted by atomic mass is 79.9. The van der Waals surface area contributed by atoms with Gasteiger partial charge in [-0.2, -0.15) is 0 Å². The molecule has 0 radical (unpaired) electrons. The number of rotatable bonds is 5. The van der Waals surface area contributed by atoms with E-state index in [1.807, 2.05) is 0 Å². The fourth-order valence-electron chi connectivity index (χ4n) is 1.46. The highest BCUT2D eigenvalue weighted by molar-refractivity contribution is 9.09. The van der Waals surface area contributed by atoms with Crippen molar-refractivity contribution in [3.05, 3.63) is 29.3 Å². The molecule has 18 heavy (non-hydrogen) atoms. The Kier molecular flexibility index (Phi) is 5.37. The van der Waals surface area contributed by atoms with E-state index in [4.69, 9.17) is 0 Å². The lowest BCUT2D eigenvalue weighted by molar-refractivity contribution is -0.274. The molecule has 0 amide bonds. The predicted octanol–water partition coefficient (Wildman–Crippen LogP) is 4.85. The highest BCUT2D eigenvalue weighted by Gasteiger charge is 2.31. The molecule has 0 spiro atoms. The molecule has 0 atom stereocenters. The summed E-state index contributed by atoms with van der Waals surface area (Å²) in [5, 5.41) is 0.635. The minimum atomic E-state index is -4.88. The molecule has 0 aromatic heterocycles. The van der Waals surface area contributed by atoms with Crippen molar-refractivity contribution >= 4 is 15.9 Å². The Labute approximate surface area is 109 Å². The Morgan fingerprint density at radius 2 is 1.89 bits per heavy atom. The average Bonchev–Trinajstić information content (AvgIpc) is 2.25. The zero-order valence-electron chi connectivity index (χ0n) is 9.11. The molecule has 0 aliphatic heterocycles. The van der Waals surface area contributed by atoms with Gasteiger partial charge in [0.25, 0.3) is 6.43 Å². The van der Waals surface area contributed by atoms with Gasteiger partial charge in [-0.1, -0.05) is 22.0 Å². The van der Waals surface area contributed by atoms with Gasteiger partial charge in [-0.3, -0.25) is 0 Å². The molecule has 0 aliphatic rings. The summed E-state index contributed by atoms with van der Waals surface area (Å²) in [6, 6.07) is 3.02. The van der Waals surface area contributed by atoms with Crippen molar-refractivity contribution in [2.45, 2.75) is 25.6 Å². The van der Waals surface area contributed by atoms with Crippen LogP contribution >= 0.6 is 15.9 Å². The molecule has 0 unspecified atom stereocenters. The summed E-state index contributed by atoms with van der Waals surface area (Å²) < 4.78 is 64.9. The second-order valence-electron chi connectivity index (χ2n) is 3.50. The summed E-state index contributed by atoms with van der Waals surface area (Å²) >= 11 is 3.16. The molecule has 0 aliphatic carbocycles. The number of halogens is 6. The van der Waals surface area contributed by atoms with Gasteiger partial charge in [0.15, 0.2) is 0 Å². The standard InChI is InChI=1S/C11H10BrF5O/c12-5-1-2-7-3-4-8(18-11(15,16)17)6-9(7)10(13)14/h3-4,6,10H,1-2,5H2. The summed E-state index contributed by atoms with van der Waals surface area (Å²) in [5.41, 5.74) is -0.0864. The molecule has 0 fully saturated rings. The molecule has 7 heteroatoms. The van der Waals surface area contributed by atoms with Gasteiger partial charge in [-0.15, -0.1) is 13.2 Å². The van der Waals surface area contributed by atoms with Gasteiger partial charge >= 0.3 is 6.36 Å². The molecule has 0 heterocycles. The minimum Gasteiger partial charge on any atom is -0.406 e. The SMILES string of the molecule is FC(F)c1cc(OC(F)(F)F)ccc1CCCBr. The lowest BCUT2D eigenvalue weighted by Gasteiger charge is -2.13. The zero-order chi connectivity index (χ0) is 13.8. The number of benzene rings is 1. The first-order valence-electron chi connectivity index (χ1n) is 5.06. The van der Waals surface area contributed by atoms with Gasteiger partial charge in [-0.05, 0) is 30.5 Å². The monoisotopic (exact) mass is 332 g/mol. The number of aryl methyl sites for hydroxylation is 1. The Hall–Kier alpha value is -0.850. The van der Waals surface area contributed by atoms with Crippen LogP contribution in [0.3, 0.4) is 0 Å². The molecule has 1 aromatic carbocycles. The van der Waals surface area contributed by atoms with Crippen molar-refractivity contribution in [3.8, 4) is 5.75 Å². The molecule has 1 nitrogen and oxygen atoms in total. The van der Waals surface area contributed by atoms with E-state index < -0.39 is 24.1 Å². The summed E-state index contributed by atoms with van der Waals surface area (Å²) in [4.78, 5) is 0. The van der Waals surface area contributed by atoms with E-state index in [0.29, 0.717) is 23.7 Å². The van der Waals surface area contributed by atoms with Crippen molar-refractivity contribution < 1.29 is 26.7 Å². The first-order chi connectivity index (χ1) is 8.33. The maximum Gasteiger partial charge on any atom is 0.573 e. The topological polar surface area (TPSA) is 9.23 Å². The van der Waals surface area contributed by atoms with Crippen LogP contribution in [0, 0.1) is 0 Å². The summed E-state index contributed by atoms with van der Waals surface area (Å²) in [6.07, 6.45) is -6.71. The number of hydrogen-bond acceptors (Lipinski definition) is 1. The van der Waals surface area contributed by atoms with E-state index >= 15 is 0 Å². The van der Waals surface area contributed by atoms with E-state index in [1.54, 1.807) is 0 Å².